The van der Waals surface area contributed by atoms with Gasteiger partial charge in [-0.05, 0) is 36.5 Å². The highest BCUT2D eigenvalue weighted by Crippen LogP contribution is 2.28. The molecule has 0 radical (unpaired) electrons. The molecule has 1 aliphatic carbocycles. The summed E-state index contributed by atoms with van der Waals surface area (Å²) in [7, 11) is 5.07. The van der Waals surface area contributed by atoms with Gasteiger partial charge < -0.3 is 20.1 Å². The Morgan fingerprint density at radius 1 is 1.19 bits per heavy atom. The molecule has 0 saturated heterocycles. The normalized spacial score (nSPS) is 14.1. The first-order valence-electron chi connectivity index (χ1n) is 6.92. The summed E-state index contributed by atoms with van der Waals surface area (Å²) in [5.41, 5.74) is 1.12. The van der Waals surface area contributed by atoms with Gasteiger partial charge in [-0.2, -0.15) is 0 Å². The Hall–Kier alpha value is -1.18. The van der Waals surface area contributed by atoms with Crippen LogP contribution in [0, 0.1) is 5.92 Å². The van der Waals surface area contributed by atoms with Crippen LogP contribution in [0.15, 0.2) is 23.2 Å². The molecule has 1 aromatic rings. The molecule has 1 fully saturated rings. The van der Waals surface area contributed by atoms with Gasteiger partial charge in [0.05, 0.1) is 14.2 Å². The molecule has 6 heteroatoms. The lowest BCUT2D eigenvalue weighted by molar-refractivity contribution is 0.354. The van der Waals surface area contributed by atoms with Crippen LogP contribution < -0.4 is 20.1 Å². The first-order valence-corrected chi connectivity index (χ1v) is 6.92. The van der Waals surface area contributed by atoms with E-state index in [0.717, 1.165) is 35.5 Å². The molecular formula is C15H24IN3O2. The average Bonchev–Trinajstić information content (AvgIpc) is 3.31. The summed E-state index contributed by atoms with van der Waals surface area (Å²) in [6.07, 6.45) is 2.67. The van der Waals surface area contributed by atoms with E-state index in [4.69, 9.17) is 9.47 Å². The molecule has 0 unspecified atom stereocenters. The number of hydrogen-bond donors (Lipinski definition) is 2. The molecule has 1 aliphatic rings. The second-order valence-corrected chi connectivity index (χ2v) is 4.94. The number of methoxy groups -OCH3 is 2. The fourth-order valence-corrected chi connectivity index (χ4v) is 1.96. The van der Waals surface area contributed by atoms with Gasteiger partial charge in [0.1, 0.15) is 0 Å². The zero-order valence-corrected chi connectivity index (χ0v) is 15.1. The Labute approximate surface area is 143 Å². The van der Waals surface area contributed by atoms with Crippen molar-refractivity contribution in [2.75, 3.05) is 27.8 Å². The highest BCUT2D eigenvalue weighted by Gasteiger charge is 2.21. The van der Waals surface area contributed by atoms with Crippen molar-refractivity contribution in [1.29, 1.82) is 0 Å². The van der Waals surface area contributed by atoms with Crippen LogP contribution in [0.4, 0.5) is 0 Å². The van der Waals surface area contributed by atoms with Gasteiger partial charge in [0.25, 0.3) is 0 Å². The molecule has 118 valence electrons. The van der Waals surface area contributed by atoms with Crippen LogP contribution in [0.2, 0.25) is 0 Å². The molecule has 0 bridgehead atoms. The standard InChI is InChI=1S/C15H23N3O2.HI/c1-16-15(17-9-11-4-5-11)18-10-12-6-7-13(19-2)14(8-12)20-3;/h6-8,11H,4-5,9-10H2,1-3H3,(H2,16,17,18);1H. The zero-order chi connectivity index (χ0) is 14.4. The Morgan fingerprint density at radius 2 is 1.90 bits per heavy atom. The number of benzene rings is 1. The largest absolute Gasteiger partial charge is 0.493 e. The summed E-state index contributed by atoms with van der Waals surface area (Å²) in [5, 5.41) is 6.64. The van der Waals surface area contributed by atoms with Crippen molar-refractivity contribution in [2.24, 2.45) is 10.9 Å². The van der Waals surface area contributed by atoms with Crippen molar-refractivity contribution in [3.05, 3.63) is 23.8 Å². The van der Waals surface area contributed by atoms with Crippen molar-refractivity contribution in [2.45, 2.75) is 19.4 Å². The minimum Gasteiger partial charge on any atom is -0.493 e. The lowest BCUT2D eigenvalue weighted by atomic mass is 10.2. The van der Waals surface area contributed by atoms with Crippen LogP contribution in [0.25, 0.3) is 0 Å². The third-order valence-corrected chi connectivity index (χ3v) is 3.39. The van der Waals surface area contributed by atoms with Gasteiger partial charge in [0.2, 0.25) is 0 Å². The van der Waals surface area contributed by atoms with Crippen LogP contribution in [0.3, 0.4) is 0 Å². The van der Waals surface area contributed by atoms with E-state index >= 15 is 0 Å². The van der Waals surface area contributed by atoms with Gasteiger partial charge in [-0.3, -0.25) is 4.99 Å². The van der Waals surface area contributed by atoms with E-state index < -0.39 is 0 Å². The number of hydrogen-bond acceptors (Lipinski definition) is 3. The summed E-state index contributed by atoms with van der Waals surface area (Å²) in [4.78, 5) is 4.22. The number of rotatable bonds is 6. The first-order chi connectivity index (χ1) is 9.76. The number of nitrogens with one attached hydrogen (secondary N) is 2. The van der Waals surface area contributed by atoms with Crippen molar-refractivity contribution in [3.63, 3.8) is 0 Å². The van der Waals surface area contributed by atoms with E-state index in [1.54, 1.807) is 21.3 Å². The van der Waals surface area contributed by atoms with E-state index in [1.165, 1.54) is 12.8 Å². The number of nitrogens with zero attached hydrogens (tertiary/aromatic N) is 1. The molecule has 21 heavy (non-hydrogen) atoms. The maximum absolute atomic E-state index is 5.30. The first kappa shape index (κ1) is 17.9. The fourth-order valence-electron chi connectivity index (χ4n) is 1.96. The quantitative estimate of drug-likeness (QED) is 0.434. The minimum absolute atomic E-state index is 0. The highest BCUT2D eigenvalue weighted by atomic mass is 127. The maximum atomic E-state index is 5.30. The molecule has 1 aromatic carbocycles. The number of guanidine groups is 1. The summed E-state index contributed by atoms with van der Waals surface area (Å²) >= 11 is 0. The summed E-state index contributed by atoms with van der Waals surface area (Å²) in [6, 6.07) is 5.90. The molecule has 0 atom stereocenters. The molecule has 0 heterocycles. The van der Waals surface area contributed by atoms with E-state index in [-0.39, 0.29) is 24.0 Å². The van der Waals surface area contributed by atoms with E-state index in [0.29, 0.717) is 6.54 Å². The molecule has 0 amide bonds. The second-order valence-electron chi connectivity index (χ2n) is 4.94. The van der Waals surface area contributed by atoms with Crippen LogP contribution in [-0.2, 0) is 6.54 Å². The third-order valence-electron chi connectivity index (χ3n) is 3.39. The molecular weight excluding hydrogens is 381 g/mol. The van der Waals surface area contributed by atoms with Crippen LogP contribution in [0.5, 0.6) is 11.5 Å². The highest BCUT2D eigenvalue weighted by molar-refractivity contribution is 14.0. The van der Waals surface area contributed by atoms with E-state index in [2.05, 4.69) is 15.6 Å². The summed E-state index contributed by atoms with van der Waals surface area (Å²) in [5.74, 6) is 3.15. The molecule has 0 spiro atoms. The maximum Gasteiger partial charge on any atom is 0.191 e. The molecule has 0 aromatic heterocycles. The molecule has 1 saturated carbocycles. The van der Waals surface area contributed by atoms with Crippen molar-refractivity contribution < 1.29 is 9.47 Å². The zero-order valence-electron chi connectivity index (χ0n) is 12.8. The average molecular weight is 405 g/mol. The van der Waals surface area contributed by atoms with Crippen molar-refractivity contribution in [3.8, 4) is 11.5 Å². The van der Waals surface area contributed by atoms with Crippen LogP contribution in [0.1, 0.15) is 18.4 Å². The van der Waals surface area contributed by atoms with Gasteiger partial charge in [-0.25, -0.2) is 0 Å². The van der Waals surface area contributed by atoms with Gasteiger partial charge >= 0.3 is 0 Å². The fraction of sp³-hybridized carbons (Fsp3) is 0.533. The van der Waals surface area contributed by atoms with E-state index in [9.17, 15) is 0 Å². The van der Waals surface area contributed by atoms with Gasteiger partial charge in [0, 0.05) is 20.1 Å². The lowest BCUT2D eigenvalue weighted by Gasteiger charge is -2.13. The Bertz CT molecular complexity index is 476. The van der Waals surface area contributed by atoms with Crippen molar-refractivity contribution >= 4 is 29.9 Å². The third kappa shape index (κ3) is 5.61. The smallest absolute Gasteiger partial charge is 0.191 e. The Kier molecular flexibility index (Phi) is 7.63. The number of ether oxygens (including phenoxy) is 2. The van der Waals surface area contributed by atoms with Gasteiger partial charge in [-0.1, -0.05) is 6.07 Å². The predicted octanol–water partition coefficient (Wildman–Crippen LogP) is 2.40. The minimum atomic E-state index is 0. The van der Waals surface area contributed by atoms with Crippen LogP contribution in [-0.4, -0.2) is 33.8 Å². The molecule has 5 nitrogen and oxygen atoms in total. The molecule has 2 N–H and O–H groups in total. The predicted molar refractivity (Wildman–Crippen MR) is 95.9 cm³/mol. The van der Waals surface area contributed by atoms with Crippen LogP contribution >= 0.6 is 24.0 Å². The van der Waals surface area contributed by atoms with E-state index in [1.807, 2.05) is 18.2 Å². The molecule has 2 rings (SSSR count). The summed E-state index contributed by atoms with van der Waals surface area (Å²) in [6.45, 7) is 1.70. The lowest BCUT2D eigenvalue weighted by Crippen LogP contribution is -2.37. The number of halogens is 1. The number of aliphatic imine (C=N–C) groups is 1. The Balaban J connectivity index is 0.00000220. The SMILES string of the molecule is CN=C(NCc1ccc(OC)c(OC)c1)NCC1CC1.I. The Morgan fingerprint density at radius 3 is 2.48 bits per heavy atom. The second kappa shape index (κ2) is 8.96. The topological polar surface area (TPSA) is 54.9 Å². The van der Waals surface area contributed by atoms with Gasteiger partial charge in [0.15, 0.2) is 17.5 Å². The van der Waals surface area contributed by atoms with Gasteiger partial charge in [-0.15, -0.1) is 24.0 Å². The monoisotopic (exact) mass is 405 g/mol. The molecule has 0 aliphatic heterocycles. The van der Waals surface area contributed by atoms with Crippen molar-refractivity contribution in [1.82, 2.24) is 10.6 Å². The summed E-state index contributed by atoms with van der Waals surface area (Å²) < 4.78 is 10.5.